The SMILES string of the molecule is Cc1nnc(NS(=O)(=O)c2cccnc2NN)nc1C. The number of nitrogens with zero attached hydrogens (tertiary/aromatic N) is 4. The van der Waals surface area contributed by atoms with E-state index in [-0.39, 0.29) is 16.7 Å². The summed E-state index contributed by atoms with van der Waals surface area (Å²) >= 11 is 0. The average molecular weight is 295 g/mol. The molecule has 0 radical (unpaired) electrons. The van der Waals surface area contributed by atoms with Crippen LogP contribution in [-0.2, 0) is 10.0 Å². The third-order valence-electron chi connectivity index (χ3n) is 2.51. The number of hydrogen-bond donors (Lipinski definition) is 3. The highest BCUT2D eigenvalue weighted by atomic mass is 32.2. The number of rotatable bonds is 4. The van der Waals surface area contributed by atoms with Gasteiger partial charge in [0.25, 0.3) is 16.0 Å². The Hall–Kier alpha value is -2.33. The summed E-state index contributed by atoms with van der Waals surface area (Å²) in [7, 11) is -3.91. The van der Waals surface area contributed by atoms with E-state index in [4.69, 9.17) is 5.84 Å². The summed E-state index contributed by atoms with van der Waals surface area (Å²) in [6, 6.07) is 2.84. The van der Waals surface area contributed by atoms with Crippen LogP contribution in [0.2, 0.25) is 0 Å². The van der Waals surface area contributed by atoms with E-state index in [1.165, 1.54) is 18.3 Å². The fraction of sp³-hybridized carbons (Fsp3) is 0.200. The molecule has 2 aromatic heterocycles. The fourth-order valence-corrected chi connectivity index (χ4v) is 2.45. The number of pyridine rings is 1. The maximum atomic E-state index is 12.2. The minimum atomic E-state index is -3.91. The molecule has 106 valence electrons. The van der Waals surface area contributed by atoms with Gasteiger partial charge in [-0.05, 0) is 26.0 Å². The van der Waals surface area contributed by atoms with Crippen molar-refractivity contribution in [1.29, 1.82) is 0 Å². The molecule has 0 aromatic carbocycles. The molecule has 0 saturated carbocycles. The summed E-state index contributed by atoms with van der Waals surface area (Å²) in [4.78, 5) is 7.72. The van der Waals surface area contributed by atoms with Crippen molar-refractivity contribution in [2.45, 2.75) is 18.7 Å². The number of nitrogen functional groups attached to an aromatic ring is 1. The smallest absolute Gasteiger partial charge is 0.267 e. The van der Waals surface area contributed by atoms with Crippen LogP contribution in [0.15, 0.2) is 23.2 Å². The summed E-state index contributed by atoms with van der Waals surface area (Å²) in [5, 5.41) is 7.49. The third kappa shape index (κ3) is 2.81. The monoisotopic (exact) mass is 295 g/mol. The Morgan fingerprint density at radius 2 is 1.95 bits per heavy atom. The Morgan fingerprint density at radius 1 is 1.20 bits per heavy atom. The van der Waals surface area contributed by atoms with Gasteiger partial charge in [0.2, 0.25) is 0 Å². The zero-order valence-electron chi connectivity index (χ0n) is 10.8. The van der Waals surface area contributed by atoms with Crippen LogP contribution in [0, 0.1) is 13.8 Å². The van der Waals surface area contributed by atoms with E-state index in [0.29, 0.717) is 11.4 Å². The second-order valence-corrected chi connectivity index (χ2v) is 5.56. The number of hydrazine groups is 1. The molecule has 0 fully saturated rings. The molecule has 0 bridgehead atoms. The summed E-state index contributed by atoms with van der Waals surface area (Å²) < 4.78 is 26.7. The third-order valence-corrected chi connectivity index (χ3v) is 3.87. The molecule has 9 nitrogen and oxygen atoms in total. The van der Waals surface area contributed by atoms with Crippen LogP contribution in [-0.4, -0.2) is 28.6 Å². The van der Waals surface area contributed by atoms with Crippen LogP contribution in [0.1, 0.15) is 11.4 Å². The lowest BCUT2D eigenvalue weighted by Crippen LogP contribution is -2.20. The lowest BCUT2D eigenvalue weighted by molar-refractivity contribution is 0.600. The molecule has 2 aromatic rings. The van der Waals surface area contributed by atoms with E-state index >= 15 is 0 Å². The van der Waals surface area contributed by atoms with Gasteiger partial charge in [0.1, 0.15) is 4.90 Å². The minimum absolute atomic E-state index is 0.0248. The predicted octanol–water partition coefficient (Wildman–Crippen LogP) is -0.0302. The summed E-state index contributed by atoms with van der Waals surface area (Å²) in [6.45, 7) is 3.43. The molecule has 0 aliphatic heterocycles. The van der Waals surface area contributed by atoms with Crippen molar-refractivity contribution < 1.29 is 8.42 Å². The van der Waals surface area contributed by atoms with Crippen molar-refractivity contribution in [1.82, 2.24) is 20.2 Å². The van der Waals surface area contributed by atoms with Crippen molar-refractivity contribution in [2.75, 3.05) is 10.1 Å². The van der Waals surface area contributed by atoms with E-state index in [1.807, 2.05) is 0 Å². The van der Waals surface area contributed by atoms with E-state index in [9.17, 15) is 8.42 Å². The van der Waals surface area contributed by atoms with Gasteiger partial charge in [-0.3, -0.25) is 0 Å². The zero-order valence-corrected chi connectivity index (χ0v) is 11.6. The standard InChI is InChI=1S/C10H13N7O2S/c1-6-7(2)15-16-10(13-6)17-20(18,19)8-4-3-5-12-9(8)14-11/h3-5H,11H2,1-2H3,(H,12,14)(H,13,16,17). The van der Waals surface area contributed by atoms with Crippen LogP contribution < -0.4 is 16.0 Å². The van der Waals surface area contributed by atoms with Crippen LogP contribution in [0.25, 0.3) is 0 Å². The van der Waals surface area contributed by atoms with Gasteiger partial charge in [0.15, 0.2) is 5.82 Å². The quantitative estimate of drug-likeness (QED) is 0.528. The maximum Gasteiger partial charge on any atom is 0.267 e. The van der Waals surface area contributed by atoms with Gasteiger partial charge in [0.05, 0.1) is 11.4 Å². The van der Waals surface area contributed by atoms with Gasteiger partial charge >= 0.3 is 0 Å². The van der Waals surface area contributed by atoms with Crippen molar-refractivity contribution in [3.63, 3.8) is 0 Å². The van der Waals surface area contributed by atoms with Gasteiger partial charge in [0, 0.05) is 6.20 Å². The van der Waals surface area contributed by atoms with Crippen LogP contribution in [0.4, 0.5) is 11.8 Å². The Kier molecular flexibility index (Phi) is 3.77. The van der Waals surface area contributed by atoms with Gasteiger partial charge < -0.3 is 5.43 Å². The lowest BCUT2D eigenvalue weighted by atomic mass is 10.4. The highest BCUT2D eigenvalue weighted by Gasteiger charge is 2.20. The number of aryl methyl sites for hydroxylation is 2. The van der Waals surface area contributed by atoms with Gasteiger partial charge in [-0.25, -0.2) is 29.0 Å². The summed E-state index contributed by atoms with van der Waals surface area (Å²) in [5.74, 6) is 5.15. The molecule has 10 heteroatoms. The number of aromatic nitrogens is 4. The highest BCUT2D eigenvalue weighted by molar-refractivity contribution is 7.92. The Labute approximate surface area is 115 Å². The molecule has 2 heterocycles. The number of nitrogens with two attached hydrogens (primary N) is 1. The average Bonchev–Trinajstić information content (AvgIpc) is 2.42. The first-order valence-electron chi connectivity index (χ1n) is 5.56. The number of hydrogen-bond acceptors (Lipinski definition) is 8. The molecule has 0 atom stereocenters. The second kappa shape index (κ2) is 5.35. The predicted molar refractivity (Wildman–Crippen MR) is 72.2 cm³/mol. The molecule has 0 aliphatic rings. The molecule has 0 aliphatic carbocycles. The molecular weight excluding hydrogens is 282 g/mol. The highest BCUT2D eigenvalue weighted by Crippen LogP contribution is 2.19. The molecule has 20 heavy (non-hydrogen) atoms. The van der Waals surface area contributed by atoms with E-state index in [1.54, 1.807) is 13.8 Å². The topological polar surface area (TPSA) is 136 Å². The maximum absolute atomic E-state index is 12.2. The number of sulfonamides is 1. The first-order valence-corrected chi connectivity index (χ1v) is 7.04. The molecule has 0 spiro atoms. The molecule has 0 amide bonds. The van der Waals surface area contributed by atoms with Gasteiger partial charge in [-0.15, -0.1) is 5.10 Å². The Balaban J connectivity index is 2.38. The second-order valence-electron chi connectivity index (χ2n) is 3.91. The van der Waals surface area contributed by atoms with Crippen LogP contribution in [0.5, 0.6) is 0 Å². The fourth-order valence-electron chi connectivity index (χ4n) is 1.39. The largest absolute Gasteiger partial charge is 0.307 e. The van der Waals surface area contributed by atoms with Crippen molar-refractivity contribution >= 4 is 21.8 Å². The molecule has 2 rings (SSSR count). The Bertz CT molecular complexity index is 732. The van der Waals surface area contributed by atoms with E-state index in [0.717, 1.165) is 0 Å². The normalized spacial score (nSPS) is 11.2. The number of anilines is 2. The van der Waals surface area contributed by atoms with E-state index in [2.05, 4.69) is 30.3 Å². The number of nitrogens with one attached hydrogen (secondary N) is 2. The van der Waals surface area contributed by atoms with Crippen molar-refractivity contribution in [3.8, 4) is 0 Å². The van der Waals surface area contributed by atoms with Crippen molar-refractivity contribution in [2.24, 2.45) is 5.84 Å². The Morgan fingerprint density at radius 3 is 2.60 bits per heavy atom. The van der Waals surface area contributed by atoms with Gasteiger partial charge in [-0.1, -0.05) is 0 Å². The van der Waals surface area contributed by atoms with E-state index < -0.39 is 10.0 Å². The van der Waals surface area contributed by atoms with Crippen LogP contribution >= 0.6 is 0 Å². The van der Waals surface area contributed by atoms with Gasteiger partial charge in [-0.2, -0.15) is 5.10 Å². The molecule has 4 N–H and O–H groups in total. The molecular formula is C10H13N7O2S. The first kappa shape index (κ1) is 14.1. The molecule has 0 saturated heterocycles. The minimum Gasteiger partial charge on any atom is -0.307 e. The zero-order chi connectivity index (χ0) is 14.8. The molecule has 0 unspecified atom stereocenters. The van der Waals surface area contributed by atoms with Crippen molar-refractivity contribution in [3.05, 3.63) is 29.7 Å². The lowest BCUT2D eigenvalue weighted by Gasteiger charge is -2.09. The van der Waals surface area contributed by atoms with Crippen LogP contribution in [0.3, 0.4) is 0 Å². The first-order chi connectivity index (χ1) is 9.44. The summed E-state index contributed by atoms with van der Waals surface area (Å²) in [5.41, 5.74) is 3.43. The summed E-state index contributed by atoms with van der Waals surface area (Å²) in [6.07, 6.45) is 1.42.